The second-order valence-corrected chi connectivity index (χ2v) is 49.4. The monoisotopic (exact) mass is 1830 g/mol. The average Bonchev–Trinajstić information content (AvgIpc) is 1.54. The number of unbranched alkanes of at least 4 members (excludes halogenated alkanes) is 12. The smallest absolute Gasteiger partial charge is 0.448 e. The van der Waals surface area contributed by atoms with E-state index in [-0.39, 0.29) is 11.1 Å². The van der Waals surface area contributed by atoms with Crippen molar-refractivity contribution in [3.05, 3.63) is 252 Å². The van der Waals surface area contributed by atoms with Crippen molar-refractivity contribution < 1.29 is 18.4 Å². The van der Waals surface area contributed by atoms with E-state index < -0.39 is 20.8 Å². The molecule has 2 aromatic heterocycles. The molecule has 0 amide bonds. The van der Waals surface area contributed by atoms with Crippen molar-refractivity contribution in [3.63, 3.8) is 0 Å². The lowest BCUT2D eigenvalue weighted by Crippen LogP contribution is -2.65. The lowest BCUT2D eigenvalue weighted by Gasteiger charge is -2.31. The van der Waals surface area contributed by atoms with Gasteiger partial charge in [0.2, 0.25) is 0 Å². The number of rotatable bonds is 36. The molecule has 594 valence electrons. The number of fused-ring (bicyclic) bond motifs is 14. The second kappa shape index (κ2) is 40.3. The van der Waals surface area contributed by atoms with Gasteiger partial charge in [0.15, 0.2) is 23.3 Å². The topological polar surface area (TPSA) is 137 Å². The van der Waals surface area contributed by atoms with E-state index in [2.05, 4.69) is 87.3 Å². The summed E-state index contributed by atoms with van der Waals surface area (Å²) in [6.45, 7) is 9.13. The van der Waals surface area contributed by atoms with Crippen LogP contribution >= 0.6 is 188 Å². The molecule has 0 atom stereocenters. The Morgan fingerprint density at radius 2 is 0.626 bits per heavy atom. The second-order valence-electron chi connectivity index (χ2n) is 27.7. The van der Waals surface area contributed by atoms with Crippen molar-refractivity contribution in [2.75, 3.05) is 35.5 Å². The van der Waals surface area contributed by atoms with Gasteiger partial charge in [0, 0.05) is 55.3 Å². The third kappa shape index (κ3) is 18.9. The van der Waals surface area contributed by atoms with Gasteiger partial charge in [-0.3, -0.25) is 8.47 Å². The van der Waals surface area contributed by atoms with Gasteiger partial charge in [-0.15, -0.1) is 94.1 Å². The molecule has 6 aromatic carbocycles. The van der Waals surface area contributed by atoms with E-state index >= 15 is 9.59 Å². The minimum atomic E-state index is -5.36. The summed E-state index contributed by atoms with van der Waals surface area (Å²) in [5.41, 5.74) is 6.18. The molecule has 0 saturated heterocycles. The molecular formula is C86H86N8O4S16Si. The lowest BCUT2D eigenvalue weighted by atomic mass is 10.1. The van der Waals surface area contributed by atoms with Crippen LogP contribution in [0.15, 0.2) is 226 Å². The van der Waals surface area contributed by atoms with Crippen LogP contribution in [0.25, 0.3) is 21.5 Å². The van der Waals surface area contributed by atoms with Gasteiger partial charge in [-0.25, -0.2) is 39.5 Å². The van der Waals surface area contributed by atoms with Crippen LogP contribution in [0.3, 0.4) is 0 Å². The first kappa shape index (κ1) is 84.5. The first-order chi connectivity index (χ1) is 56.5. The van der Waals surface area contributed by atoms with Crippen LogP contribution in [0, 0.1) is 0 Å². The quantitative estimate of drug-likeness (QED) is 0.0272. The predicted octanol–water partition coefficient (Wildman–Crippen LogP) is 28.2. The van der Waals surface area contributed by atoms with Gasteiger partial charge < -0.3 is 8.85 Å². The van der Waals surface area contributed by atoms with Crippen LogP contribution in [-0.4, -0.2) is 88.2 Å². The Kier molecular flexibility index (Phi) is 29.6. The van der Waals surface area contributed by atoms with E-state index in [1.807, 2.05) is 287 Å². The standard InChI is InChI=1S/C86H86N8O4S16Si/c1-7-11-15-27-47-101-79-80(102-48-28-16-12-8-2)112-85(111-79)83-107-75(99-5)77(109-83)105-51-53-39-43-55(44-40-53)73(95)97-115(98-74(96)56-45-41-54(42-46-56)52-106-78-76(100-6)108-84(110-78)86-113-81(103-49-29-17-13-9-3)82(114-86)104-50-30-18-14-10-4)93-69-61-35-23-24-36-62(61)71(93)91-67-59-33-21-22-34-60(59)68(88-67)92-72-64-38-26-25-37-63(64)70(94(72)115)90-66-58-32-20-19-31-57(58)65(87-66)89-69/h19-26,31-46H,7-18,27-30,47-52H2,1-6H3. The van der Waals surface area contributed by atoms with Gasteiger partial charge in [-0.05, 0) is 96.6 Å². The van der Waals surface area contributed by atoms with E-state index in [9.17, 15) is 0 Å². The molecule has 8 aliphatic heterocycles. The Balaban J connectivity index is 0.744. The van der Waals surface area contributed by atoms with Crippen LogP contribution in [-0.2, 0) is 20.4 Å². The zero-order valence-corrected chi connectivity index (χ0v) is 78.7. The largest absolute Gasteiger partial charge is 0.742 e. The number of nitrogens with zero attached hydrogens (tertiary/aromatic N) is 8. The summed E-state index contributed by atoms with van der Waals surface area (Å²) in [7, 11) is -5.36. The maximum Gasteiger partial charge on any atom is 0.742 e. The highest BCUT2D eigenvalue weighted by Crippen LogP contribution is 2.68. The average molecular weight is 1840 g/mol. The molecule has 0 fully saturated rings. The summed E-state index contributed by atoms with van der Waals surface area (Å²) in [5, 5.41) is 2.59. The van der Waals surface area contributed by atoms with Crippen molar-refractivity contribution in [2.45, 2.75) is 142 Å². The molecule has 10 heterocycles. The molecule has 8 aromatic rings. The van der Waals surface area contributed by atoms with E-state index in [1.165, 1.54) is 154 Å². The molecule has 0 spiro atoms. The zero-order chi connectivity index (χ0) is 78.8. The van der Waals surface area contributed by atoms with Crippen LogP contribution < -0.4 is 11.0 Å². The number of thioether (sulfide) groups is 16. The maximum absolute atomic E-state index is 16.4. The highest BCUT2D eigenvalue weighted by molar-refractivity contribution is 8.46. The minimum Gasteiger partial charge on any atom is -0.448 e. The third-order valence-corrected chi connectivity index (χ3v) is 45.9. The molecule has 0 saturated carbocycles. The van der Waals surface area contributed by atoms with Gasteiger partial charge in [-0.2, -0.15) is 0 Å². The third-order valence-electron chi connectivity index (χ3n) is 19.7. The fraction of sp³-hybridized carbons (Fsp3) is 0.326. The van der Waals surface area contributed by atoms with Crippen LogP contribution in [0.4, 0.5) is 11.6 Å². The molecule has 115 heavy (non-hydrogen) atoms. The SMILES string of the molecule is CCCCCCSC1=C(SCCCCCC)SC(=C2SC(SC)=C(SCc3ccc(C(=O)O[Si]4(OC(=O)c5ccc(CSC6=C(SC)SC(=C7SC(SCCCCCC)=C(SCCCCCC)S7)S6)cc5)n5c6c7ccccc7c5N=C5N=C(N=c7c8ccccc8c(n74)=NC4=NC(=N6)c6ccccc64)c4ccccc45)cc3)S2)S1. The first-order valence-electron chi connectivity index (χ1n) is 39.2. The van der Waals surface area contributed by atoms with Crippen LogP contribution in [0.5, 0.6) is 0 Å². The van der Waals surface area contributed by atoms with Gasteiger partial charge in [0.05, 0.1) is 62.0 Å². The van der Waals surface area contributed by atoms with E-state index in [0.29, 0.717) is 79.0 Å². The van der Waals surface area contributed by atoms with Gasteiger partial charge in [-0.1, -0.05) is 320 Å². The number of amidine groups is 4. The van der Waals surface area contributed by atoms with Crippen molar-refractivity contribution in [3.8, 4) is 0 Å². The summed E-state index contributed by atoms with van der Waals surface area (Å²) in [6.07, 6.45) is 24.7. The molecular weight excluding hydrogens is 1750 g/mol. The Morgan fingerprint density at radius 1 is 0.330 bits per heavy atom. The normalized spacial score (nSPS) is 16.6. The van der Waals surface area contributed by atoms with Crippen LogP contribution in [0.1, 0.15) is 185 Å². The van der Waals surface area contributed by atoms with Crippen molar-refractivity contribution in [2.24, 2.45) is 30.0 Å². The molecule has 0 aliphatic carbocycles. The zero-order valence-electron chi connectivity index (χ0n) is 64.7. The minimum absolute atomic E-state index is 0.248. The predicted molar refractivity (Wildman–Crippen MR) is 524 cm³/mol. The number of hydrogen-bond acceptors (Lipinski definition) is 26. The summed E-state index contributed by atoms with van der Waals surface area (Å²) < 4.78 is 35.3. The molecule has 0 N–H and O–H groups in total. The van der Waals surface area contributed by atoms with E-state index in [1.54, 1.807) is 8.47 Å². The Hall–Kier alpha value is -4.12. The fourth-order valence-electron chi connectivity index (χ4n) is 13.7. The molecule has 12 nitrogen and oxygen atoms in total. The molecule has 0 radical (unpaired) electrons. The van der Waals surface area contributed by atoms with E-state index in [4.69, 9.17) is 38.8 Å². The van der Waals surface area contributed by atoms with Crippen molar-refractivity contribution >= 4 is 266 Å². The Morgan fingerprint density at radius 3 is 0.948 bits per heavy atom. The van der Waals surface area contributed by atoms with Crippen molar-refractivity contribution in [1.29, 1.82) is 0 Å². The number of carbonyl (C=O) groups excluding carboxylic acids is 2. The molecule has 8 aliphatic rings. The van der Waals surface area contributed by atoms with Crippen molar-refractivity contribution in [1.82, 2.24) is 8.47 Å². The first-order valence-corrected chi connectivity index (χ1v) is 55.8. The number of benzene rings is 6. The van der Waals surface area contributed by atoms with E-state index in [0.717, 1.165) is 56.4 Å². The summed E-state index contributed by atoms with van der Waals surface area (Å²) in [4.78, 5) is 65.7. The van der Waals surface area contributed by atoms with Crippen LogP contribution in [0.2, 0.25) is 0 Å². The summed E-state index contributed by atoms with van der Waals surface area (Å²) >= 11 is 31.0. The number of hydrogen-bond donors (Lipinski definition) is 0. The molecule has 6 bridgehead atoms. The summed E-state index contributed by atoms with van der Waals surface area (Å²) in [5.74, 6) is 6.62. The molecule has 16 rings (SSSR count). The highest BCUT2D eigenvalue weighted by Gasteiger charge is 2.60. The van der Waals surface area contributed by atoms with Gasteiger partial charge in [0.25, 0.3) is 0 Å². The molecule has 29 heteroatoms. The number of aromatic nitrogens is 2. The molecule has 0 unspecified atom stereocenters. The number of aliphatic imine (C=N–C) groups is 4. The number of carbonyl (C=O) groups is 2. The van der Waals surface area contributed by atoms with Gasteiger partial charge >= 0.3 is 20.8 Å². The Labute approximate surface area is 743 Å². The summed E-state index contributed by atoms with van der Waals surface area (Å²) in [6, 6.07) is 46.9. The van der Waals surface area contributed by atoms with Gasteiger partial charge in [0.1, 0.15) is 22.6 Å². The Bertz CT molecular complexity index is 5180. The maximum atomic E-state index is 16.4. The lowest BCUT2D eigenvalue weighted by molar-refractivity contribution is 0.0532. The highest BCUT2D eigenvalue weighted by atomic mass is 32.3. The fourth-order valence-corrected chi connectivity index (χ4v) is 40.2.